The molecule has 0 bridgehead atoms. The summed E-state index contributed by atoms with van der Waals surface area (Å²) in [5.74, 6) is 0.366. The molecule has 2 heterocycles. The molecule has 0 aliphatic heterocycles. The summed E-state index contributed by atoms with van der Waals surface area (Å²) in [6, 6.07) is 23.5. The lowest BCUT2D eigenvalue weighted by molar-refractivity contribution is 0.0982. The van der Waals surface area contributed by atoms with Crippen molar-refractivity contribution in [3.05, 3.63) is 95.8 Å². The first-order chi connectivity index (χ1) is 15.6. The Morgan fingerprint density at radius 3 is 2.53 bits per heavy atom. The maximum Gasteiger partial charge on any atom is 0.264 e. The Kier molecular flexibility index (Phi) is 5.29. The van der Waals surface area contributed by atoms with Crippen LogP contribution in [0.2, 0.25) is 0 Å². The van der Waals surface area contributed by atoms with Gasteiger partial charge in [0.05, 0.1) is 35.1 Å². The molecule has 6 heteroatoms. The van der Waals surface area contributed by atoms with Crippen molar-refractivity contribution in [2.24, 2.45) is 0 Å². The Bertz CT molecular complexity index is 1430. The molecule has 5 aromatic rings. The summed E-state index contributed by atoms with van der Waals surface area (Å²) in [6.45, 7) is 2.37. The molecule has 0 spiro atoms. The van der Waals surface area contributed by atoms with Crippen LogP contribution in [0.5, 0.6) is 5.75 Å². The number of aromatic nitrogens is 2. The second-order valence-electron chi connectivity index (χ2n) is 7.58. The Morgan fingerprint density at radius 1 is 1.00 bits per heavy atom. The topological polar surface area (TPSA) is 55.3 Å². The van der Waals surface area contributed by atoms with Gasteiger partial charge >= 0.3 is 0 Å². The highest BCUT2D eigenvalue weighted by Gasteiger charge is 2.25. The number of hydrogen-bond donors (Lipinski definition) is 0. The maximum absolute atomic E-state index is 13.9. The lowest BCUT2D eigenvalue weighted by atomic mass is 10.0. The van der Waals surface area contributed by atoms with E-state index in [0.717, 1.165) is 32.2 Å². The van der Waals surface area contributed by atoms with Crippen LogP contribution in [0.25, 0.3) is 21.0 Å². The number of fused-ring (bicyclic) bond motifs is 2. The highest BCUT2D eigenvalue weighted by atomic mass is 32.1. The van der Waals surface area contributed by atoms with Crippen molar-refractivity contribution in [2.45, 2.75) is 13.5 Å². The van der Waals surface area contributed by atoms with Gasteiger partial charge in [-0.25, -0.2) is 4.98 Å². The van der Waals surface area contributed by atoms with Gasteiger partial charge in [-0.3, -0.25) is 14.7 Å². The summed E-state index contributed by atoms with van der Waals surface area (Å²) >= 11 is 1.50. The maximum atomic E-state index is 13.9. The standard InChI is InChI=1S/C26H21N3O2S/c1-17-10-11-22-24(13-17)32-26(28-22)29(16-20-9-5-6-12-27-20)25(30)21-14-18-7-3-4-8-19(18)15-23(21)31-2/h3-15H,16H2,1-2H3. The van der Waals surface area contributed by atoms with Crippen LogP contribution in [0.4, 0.5) is 5.13 Å². The minimum Gasteiger partial charge on any atom is -0.496 e. The van der Waals surface area contributed by atoms with E-state index in [1.165, 1.54) is 11.3 Å². The van der Waals surface area contributed by atoms with E-state index < -0.39 is 0 Å². The average Bonchev–Trinajstić information content (AvgIpc) is 3.24. The van der Waals surface area contributed by atoms with Gasteiger partial charge in [0.25, 0.3) is 5.91 Å². The molecule has 0 unspecified atom stereocenters. The van der Waals surface area contributed by atoms with Crippen LogP contribution < -0.4 is 9.64 Å². The predicted octanol–water partition coefficient (Wildman–Crippen LogP) is 6.01. The molecule has 0 fully saturated rings. The molecule has 32 heavy (non-hydrogen) atoms. The molecule has 0 saturated heterocycles. The highest BCUT2D eigenvalue weighted by molar-refractivity contribution is 7.22. The van der Waals surface area contributed by atoms with Crippen LogP contribution in [0.1, 0.15) is 21.6 Å². The average molecular weight is 440 g/mol. The van der Waals surface area contributed by atoms with E-state index in [4.69, 9.17) is 9.72 Å². The fourth-order valence-electron chi connectivity index (χ4n) is 3.72. The van der Waals surface area contributed by atoms with E-state index in [0.29, 0.717) is 23.0 Å². The van der Waals surface area contributed by atoms with Gasteiger partial charge in [-0.15, -0.1) is 0 Å². The minimum atomic E-state index is -0.172. The molecule has 158 valence electrons. The number of thiazole rings is 1. The zero-order valence-corrected chi connectivity index (χ0v) is 18.6. The molecule has 2 aromatic heterocycles. The second-order valence-corrected chi connectivity index (χ2v) is 8.59. The van der Waals surface area contributed by atoms with Crippen LogP contribution in [0.15, 0.2) is 79.0 Å². The molecule has 0 aliphatic carbocycles. The van der Waals surface area contributed by atoms with Crippen LogP contribution in [0.3, 0.4) is 0 Å². The van der Waals surface area contributed by atoms with Crippen LogP contribution >= 0.6 is 11.3 Å². The molecule has 5 rings (SSSR count). The fraction of sp³-hybridized carbons (Fsp3) is 0.115. The third-order valence-corrected chi connectivity index (χ3v) is 6.39. The lowest BCUT2D eigenvalue weighted by Crippen LogP contribution is -2.31. The van der Waals surface area contributed by atoms with E-state index in [1.54, 1.807) is 18.2 Å². The number of ether oxygens (including phenoxy) is 1. The smallest absolute Gasteiger partial charge is 0.264 e. The zero-order chi connectivity index (χ0) is 22.1. The molecule has 5 nitrogen and oxygen atoms in total. The first kappa shape index (κ1) is 20.2. The third-order valence-electron chi connectivity index (χ3n) is 5.35. The summed E-state index contributed by atoms with van der Waals surface area (Å²) in [5, 5.41) is 2.64. The number of hydrogen-bond acceptors (Lipinski definition) is 5. The number of aryl methyl sites for hydroxylation is 1. The van der Waals surface area contributed by atoms with Gasteiger partial charge in [0.1, 0.15) is 5.75 Å². The lowest BCUT2D eigenvalue weighted by Gasteiger charge is -2.21. The quantitative estimate of drug-likeness (QED) is 0.337. The van der Waals surface area contributed by atoms with Crippen molar-refractivity contribution < 1.29 is 9.53 Å². The first-order valence-electron chi connectivity index (χ1n) is 10.3. The van der Waals surface area contributed by atoms with E-state index in [1.807, 2.05) is 66.7 Å². The van der Waals surface area contributed by atoms with Crippen molar-refractivity contribution in [2.75, 3.05) is 12.0 Å². The molecule has 3 aromatic carbocycles. The Balaban J connectivity index is 1.64. The molecule has 0 atom stereocenters. The van der Waals surface area contributed by atoms with Crippen molar-refractivity contribution in [1.29, 1.82) is 0 Å². The number of rotatable bonds is 5. The summed E-state index contributed by atoms with van der Waals surface area (Å²) in [5.41, 5.74) is 3.32. The van der Waals surface area contributed by atoms with Gasteiger partial charge in [-0.05, 0) is 59.7 Å². The summed E-state index contributed by atoms with van der Waals surface area (Å²) in [4.78, 5) is 24.8. The highest BCUT2D eigenvalue weighted by Crippen LogP contribution is 2.34. The fourth-order valence-corrected chi connectivity index (χ4v) is 4.78. The van der Waals surface area contributed by atoms with Crippen molar-refractivity contribution in [3.63, 3.8) is 0 Å². The number of amides is 1. The number of benzene rings is 3. The van der Waals surface area contributed by atoms with Crippen LogP contribution in [-0.4, -0.2) is 23.0 Å². The SMILES string of the molecule is COc1cc2ccccc2cc1C(=O)N(Cc1ccccn1)c1nc2ccc(C)cc2s1. The molecule has 0 aliphatic rings. The normalized spacial score (nSPS) is 11.1. The molecule has 1 amide bonds. The number of pyridine rings is 1. The zero-order valence-electron chi connectivity index (χ0n) is 17.8. The number of anilines is 1. The molecule has 0 radical (unpaired) electrons. The monoisotopic (exact) mass is 439 g/mol. The number of nitrogens with zero attached hydrogens (tertiary/aromatic N) is 3. The van der Waals surface area contributed by atoms with Crippen LogP contribution in [0, 0.1) is 6.92 Å². The molecular formula is C26H21N3O2S. The van der Waals surface area contributed by atoms with Gasteiger partial charge < -0.3 is 4.74 Å². The van der Waals surface area contributed by atoms with Gasteiger partial charge in [-0.1, -0.05) is 47.7 Å². The van der Waals surface area contributed by atoms with Gasteiger partial charge in [0.2, 0.25) is 0 Å². The number of methoxy groups -OCH3 is 1. The first-order valence-corrected chi connectivity index (χ1v) is 11.1. The molecule has 0 saturated carbocycles. The predicted molar refractivity (Wildman–Crippen MR) is 130 cm³/mol. The van der Waals surface area contributed by atoms with E-state index in [9.17, 15) is 4.79 Å². The molecule has 0 N–H and O–H groups in total. The van der Waals surface area contributed by atoms with Crippen molar-refractivity contribution in [3.8, 4) is 5.75 Å². The van der Waals surface area contributed by atoms with E-state index in [-0.39, 0.29) is 5.91 Å². The van der Waals surface area contributed by atoms with Gasteiger partial charge in [0.15, 0.2) is 5.13 Å². The number of carbonyl (C=O) groups is 1. The van der Waals surface area contributed by atoms with E-state index in [2.05, 4.69) is 18.0 Å². The second kappa shape index (κ2) is 8.40. The third kappa shape index (κ3) is 3.81. The summed E-state index contributed by atoms with van der Waals surface area (Å²) < 4.78 is 6.65. The van der Waals surface area contributed by atoms with Crippen molar-refractivity contribution >= 4 is 43.4 Å². The Labute approximate surface area is 189 Å². The van der Waals surface area contributed by atoms with Gasteiger partial charge in [0, 0.05) is 6.20 Å². The van der Waals surface area contributed by atoms with Crippen LogP contribution in [-0.2, 0) is 6.54 Å². The molecular weight excluding hydrogens is 418 g/mol. The Hall–Kier alpha value is -3.77. The summed E-state index contributed by atoms with van der Waals surface area (Å²) in [7, 11) is 1.59. The largest absolute Gasteiger partial charge is 0.496 e. The van der Waals surface area contributed by atoms with E-state index >= 15 is 0 Å². The summed E-state index contributed by atoms with van der Waals surface area (Å²) in [6.07, 6.45) is 1.73. The van der Waals surface area contributed by atoms with Crippen molar-refractivity contribution in [1.82, 2.24) is 9.97 Å². The number of carbonyl (C=O) groups excluding carboxylic acids is 1. The Morgan fingerprint density at radius 2 is 1.78 bits per heavy atom. The minimum absolute atomic E-state index is 0.172. The van der Waals surface area contributed by atoms with Gasteiger partial charge in [-0.2, -0.15) is 0 Å².